The van der Waals surface area contributed by atoms with Crippen LogP contribution in [0.4, 0.5) is 13.2 Å². The lowest BCUT2D eigenvalue weighted by molar-refractivity contribution is -0.139. The van der Waals surface area contributed by atoms with Crippen molar-refractivity contribution in [3.8, 4) is 11.5 Å². The first-order valence-electron chi connectivity index (χ1n) is 10.8. The number of phosphoric acid groups is 1. The van der Waals surface area contributed by atoms with Crippen LogP contribution in [0.5, 0.6) is 11.5 Å². The molecule has 0 saturated carbocycles. The van der Waals surface area contributed by atoms with E-state index in [2.05, 4.69) is 4.52 Å². The van der Waals surface area contributed by atoms with Gasteiger partial charge in [0.2, 0.25) is 0 Å². The number of aryl methyl sites for hydroxylation is 3. The van der Waals surface area contributed by atoms with Gasteiger partial charge < -0.3 is 30.1 Å². The fourth-order valence-corrected chi connectivity index (χ4v) is 3.86. The lowest BCUT2D eigenvalue weighted by Gasteiger charge is -2.27. The second-order valence-corrected chi connectivity index (χ2v) is 9.61. The van der Waals surface area contributed by atoms with Crippen LogP contribution < -0.4 is 15.2 Å². The molecule has 0 heterocycles. The number of nitrogens with two attached hydrogens (primary N) is 1. The van der Waals surface area contributed by atoms with Gasteiger partial charge >= 0.3 is 14.0 Å². The Hall–Kier alpha value is -2.14. The molecule has 2 aromatic rings. The third kappa shape index (κ3) is 9.44. The van der Waals surface area contributed by atoms with Gasteiger partial charge in [-0.15, -0.1) is 0 Å². The number of rotatable bonds is 13. The minimum absolute atomic E-state index is 0.0156. The summed E-state index contributed by atoms with van der Waals surface area (Å²) in [6.45, 7) is 0.669. The third-order valence-electron chi connectivity index (χ3n) is 5.42. The fraction of sp³-hybridized carbons (Fsp3) is 0.478. The maximum absolute atomic E-state index is 13.6. The van der Waals surface area contributed by atoms with Crippen LogP contribution in [0.2, 0.25) is 0 Å². The van der Waals surface area contributed by atoms with Crippen molar-refractivity contribution in [1.82, 2.24) is 0 Å². The molecule has 1 atom stereocenters. The highest BCUT2D eigenvalue weighted by molar-refractivity contribution is 7.46. The van der Waals surface area contributed by atoms with Crippen LogP contribution >= 0.6 is 7.82 Å². The quantitative estimate of drug-likeness (QED) is 0.232. The van der Waals surface area contributed by atoms with E-state index in [0.29, 0.717) is 12.8 Å². The van der Waals surface area contributed by atoms with Crippen LogP contribution in [0, 0.1) is 6.92 Å². The Morgan fingerprint density at radius 3 is 2.20 bits per heavy atom. The Bertz CT molecular complexity index is 1030. The average molecular weight is 521 g/mol. The molecule has 0 aliphatic carbocycles. The molecule has 1 unspecified atom stereocenters. The van der Waals surface area contributed by atoms with Gasteiger partial charge in [0.25, 0.3) is 0 Å². The first kappa shape index (κ1) is 29.1. The average Bonchev–Trinajstić information content (AvgIpc) is 2.78. The van der Waals surface area contributed by atoms with Crippen molar-refractivity contribution < 1.29 is 46.6 Å². The molecule has 2 rings (SSSR count). The van der Waals surface area contributed by atoms with E-state index in [9.17, 15) is 22.8 Å². The Morgan fingerprint density at radius 2 is 1.66 bits per heavy atom. The number of methoxy groups -OCH3 is 1. The third-order valence-corrected chi connectivity index (χ3v) is 5.89. The highest BCUT2D eigenvalue weighted by Crippen LogP contribution is 2.38. The molecule has 196 valence electrons. The van der Waals surface area contributed by atoms with Crippen molar-refractivity contribution in [1.29, 1.82) is 0 Å². The normalized spacial score (nSPS) is 14.0. The zero-order chi connectivity index (χ0) is 26.3. The van der Waals surface area contributed by atoms with Crippen molar-refractivity contribution in [2.24, 2.45) is 5.73 Å². The Balaban J connectivity index is 2.01. The monoisotopic (exact) mass is 521 g/mol. The number of hydrogen-bond donors (Lipinski definition) is 4. The van der Waals surface area contributed by atoms with Gasteiger partial charge in [-0.25, -0.2) is 4.57 Å². The SMILES string of the molecule is COc1ccc(CCCOc2ccc(CCC(N)(CO)COP(=O)(O)O)cc2C(F)(F)F)cc1C. The maximum Gasteiger partial charge on any atom is 0.469 e. The minimum Gasteiger partial charge on any atom is -0.496 e. The van der Waals surface area contributed by atoms with E-state index in [0.717, 1.165) is 22.9 Å². The van der Waals surface area contributed by atoms with Gasteiger partial charge in [-0.05, 0) is 67.5 Å². The first-order chi connectivity index (χ1) is 16.3. The van der Waals surface area contributed by atoms with Crippen molar-refractivity contribution in [3.05, 3.63) is 58.7 Å². The van der Waals surface area contributed by atoms with Crippen LogP contribution in [0.3, 0.4) is 0 Å². The Labute approximate surface area is 202 Å². The van der Waals surface area contributed by atoms with E-state index in [4.69, 9.17) is 25.0 Å². The number of hydrogen-bond acceptors (Lipinski definition) is 6. The molecule has 8 nitrogen and oxygen atoms in total. The van der Waals surface area contributed by atoms with Gasteiger partial charge in [0.05, 0.1) is 38.0 Å². The molecule has 12 heteroatoms. The number of aliphatic hydroxyl groups is 1. The number of aliphatic hydroxyl groups excluding tert-OH is 1. The number of alkyl halides is 3. The molecule has 0 fully saturated rings. The van der Waals surface area contributed by atoms with Crippen molar-refractivity contribution in [2.45, 2.75) is 44.3 Å². The minimum atomic E-state index is -4.81. The zero-order valence-corrected chi connectivity index (χ0v) is 20.4. The predicted molar refractivity (Wildman–Crippen MR) is 123 cm³/mol. The molecule has 0 radical (unpaired) electrons. The topological polar surface area (TPSA) is 131 Å². The van der Waals surface area contributed by atoms with Crippen molar-refractivity contribution >= 4 is 7.82 Å². The molecule has 35 heavy (non-hydrogen) atoms. The predicted octanol–water partition coefficient (Wildman–Crippen LogP) is 3.77. The van der Waals surface area contributed by atoms with Crippen molar-refractivity contribution in [3.63, 3.8) is 0 Å². The summed E-state index contributed by atoms with van der Waals surface area (Å²) in [5.41, 5.74) is 5.69. The lowest BCUT2D eigenvalue weighted by Crippen LogP contribution is -2.48. The second kappa shape index (κ2) is 12.2. The number of halogens is 3. The Morgan fingerprint density at radius 1 is 1.03 bits per heavy atom. The van der Waals surface area contributed by atoms with Gasteiger partial charge in [0.1, 0.15) is 11.5 Å². The van der Waals surface area contributed by atoms with Gasteiger partial charge in [0, 0.05) is 0 Å². The molecule has 0 bridgehead atoms. The number of benzene rings is 2. The van der Waals surface area contributed by atoms with E-state index in [-0.39, 0.29) is 30.8 Å². The van der Waals surface area contributed by atoms with Crippen LogP contribution in [0.15, 0.2) is 36.4 Å². The lowest BCUT2D eigenvalue weighted by atomic mass is 9.93. The van der Waals surface area contributed by atoms with Crippen LogP contribution in [0.25, 0.3) is 0 Å². The smallest absolute Gasteiger partial charge is 0.469 e. The molecule has 0 aliphatic heterocycles. The van der Waals surface area contributed by atoms with Crippen LogP contribution in [0.1, 0.15) is 35.1 Å². The molecular weight excluding hydrogens is 490 g/mol. The summed E-state index contributed by atoms with van der Waals surface area (Å²) in [6.07, 6.45) is -3.57. The molecule has 2 aromatic carbocycles. The number of ether oxygens (including phenoxy) is 2. The molecule has 0 amide bonds. The molecule has 0 spiro atoms. The summed E-state index contributed by atoms with van der Waals surface area (Å²) in [5.74, 6) is 0.471. The van der Waals surface area contributed by atoms with Crippen molar-refractivity contribution in [2.75, 3.05) is 26.9 Å². The summed E-state index contributed by atoms with van der Waals surface area (Å²) < 4.78 is 66.8. The van der Waals surface area contributed by atoms with Gasteiger partial charge in [-0.2, -0.15) is 13.2 Å². The van der Waals surface area contributed by atoms with Gasteiger partial charge in [-0.1, -0.05) is 18.2 Å². The Kier molecular flexibility index (Phi) is 10.1. The van der Waals surface area contributed by atoms with E-state index in [1.54, 1.807) is 7.11 Å². The highest BCUT2D eigenvalue weighted by atomic mass is 31.2. The second-order valence-electron chi connectivity index (χ2n) is 8.37. The van der Waals surface area contributed by atoms with Gasteiger partial charge in [0.15, 0.2) is 0 Å². The highest BCUT2D eigenvalue weighted by Gasteiger charge is 2.35. The van der Waals surface area contributed by atoms with E-state index < -0.39 is 38.3 Å². The molecular formula is C23H31F3NO7P. The summed E-state index contributed by atoms with van der Waals surface area (Å²) in [4.78, 5) is 17.6. The maximum atomic E-state index is 13.6. The fourth-order valence-electron chi connectivity index (χ4n) is 3.44. The summed E-state index contributed by atoms with van der Waals surface area (Å²) in [5, 5.41) is 9.47. The molecule has 0 aliphatic rings. The van der Waals surface area contributed by atoms with Crippen LogP contribution in [-0.4, -0.2) is 47.4 Å². The molecule has 5 N–H and O–H groups in total. The van der Waals surface area contributed by atoms with E-state index >= 15 is 0 Å². The largest absolute Gasteiger partial charge is 0.496 e. The first-order valence-corrected chi connectivity index (χ1v) is 12.4. The van der Waals surface area contributed by atoms with Gasteiger partial charge in [-0.3, -0.25) is 4.52 Å². The van der Waals surface area contributed by atoms with E-state index in [1.165, 1.54) is 12.1 Å². The summed E-state index contributed by atoms with van der Waals surface area (Å²) in [6, 6.07) is 9.35. The summed E-state index contributed by atoms with van der Waals surface area (Å²) in [7, 11) is -3.23. The summed E-state index contributed by atoms with van der Waals surface area (Å²) >= 11 is 0. The molecule has 0 aromatic heterocycles. The standard InChI is InChI=1S/C23H31F3NO7P/c1-16-12-17(5-7-20(16)32-2)4-3-11-33-21-8-6-18(13-19(21)23(24,25)26)9-10-22(27,14-28)15-34-35(29,30)31/h5-8,12-13,28H,3-4,9-11,14-15,27H2,1-2H3,(H2,29,30,31). The van der Waals surface area contributed by atoms with Crippen LogP contribution in [-0.2, 0) is 28.1 Å². The molecule has 0 saturated heterocycles. The zero-order valence-electron chi connectivity index (χ0n) is 19.5. The number of phosphoric ester groups is 1. The van der Waals surface area contributed by atoms with E-state index in [1.807, 2.05) is 25.1 Å².